The summed E-state index contributed by atoms with van der Waals surface area (Å²) in [5.74, 6) is 0. The first-order valence-electron chi connectivity index (χ1n) is 13.1. The Morgan fingerprint density at radius 2 is 1.12 bits per heavy atom. The van der Waals surface area contributed by atoms with Crippen LogP contribution < -0.4 is 0 Å². The number of benzene rings is 1. The number of hydrogen-bond acceptors (Lipinski definition) is 3. The highest BCUT2D eigenvalue weighted by atomic mass is 32.2. The number of hydrogen-bond donors (Lipinski definition) is 0. The molecule has 0 saturated carbocycles. The van der Waals surface area contributed by atoms with Crippen LogP contribution in [0.15, 0.2) is 23.1 Å². The second-order valence-electron chi connectivity index (χ2n) is 9.27. The molecule has 0 heterocycles. The van der Waals surface area contributed by atoms with Crippen LogP contribution in [0, 0.1) is 6.92 Å². The van der Waals surface area contributed by atoms with Crippen LogP contribution >= 0.6 is 0 Å². The fourth-order valence-electron chi connectivity index (χ4n) is 4.28. The van der Waals surface area contributed by atoms with Crippen LogP contribution in [-0.4, -0.2) is 43.6 Å². The zero-order chi connectivity index (χ0) is 24.5. The summed E-state index contributed by atoms with van der Waals surface area (Å²) in [6, 6.07) is 5.16. The van der Waals surface area contributed by atoms with Gasteiger partial charge in [-0.15, -0.1) is 0 Å². The predicted molar refractivity (Wildman–Crippen MR) is 137 cm³/mol. The number of quaternary nitrogens is 1. The van der Waals surface area contributed by atoms with Crippen molar-refractivity contribution in [2.45, 2.75) is 117 Å². The summed E-state index contributed by atoms with van der Waals surface area (Å²) in [6.45, 7) is 18.7. The molecule has 0 saturated heterocycles. The lowest BCUT2D eigenvalue weighted by Gasteiger charge is -2.39. The highest BCUT2D eigenvalue weighted by Gasteiger charge is 2.24. The Kier molecular flexibility index (Phi) is 17.1. The third-order valence-electron chi connectivity index (χ3n) is 6.29. The topological polar surface area (TPSA) is 57.2 Å². The zero-order valence-corrected chi connectivity index (χ0v) is 22.7. The molecule has 0 fully saturated rings. The molecule has 0 N–H and O–H groups in total. The van der Waals surface area contributed by atoms with Crippen molar-refractivity contribution in [2.24, 2.45) is 0 Å². The van der Waals surface area contributed by atoms with Crippen molar-refractivity contribution in [1.29, 1.82) is 0 Å². The number of unbranched alkanes of at least 4 members (excludes halogenated alkanes) is 5. The van der Waals surface area contributed by atoms with E-state index < -0.39 is 10.1 Å². The molecule has 1 rings (SSSR count). The molecule has 1 aromatic carbocycles. The van der Waals surface area contributed by atoms with E-state index in [2.05, 4.69) is 27.7 Å². The summed E-state index contributed by atoms with van der Waals surface area (Å²) < 4.78 is 34.7. The maximum Gasteiger partial charge on any atom is 0.124 e. The van der Waals surface area contributed by atoms with E-state index in [-0.39, 0.29) is 4.90 Å². The first-order valence-corrected chi connectivity index (χ1v) is 14.5. The normalized spacial score (nSPS) is 11.8. The summed E-state index contributed by atoms with van der Waals surface area (Å²) in [7, 11) is -4.34. The maximum absolute atomic E-state index is 11.1. The molecule has 0 atom stereocenters. The summed E-state index contributed by atoms with van der Waals surface area (Å²) in [6.07, 6.45) is 13.6. The van der Waals surface area contributed by atoms with Gasteiger partial charge in [0, 0.05) is 0 Å². The van der Waals surface area contributed by atoms with E-state index in [1.165, 1.54) is 82.0 Å². The second kappa shape index (κ2) is 17.6. The van der Waals surface area contributed by atoms with Gasteiger partial charge in [-0.25, -0.2) is 8.42 Å². The molecule has 0 aliphatic heterocycles. The summed E-state index contributed by atoms with van der Waals surface area (Å²) >= 11 is 0. The number of rotatable bonds is 16. The lowest BCUT2D eigenvalue weighted by Crippen LogP contribution is -2.50. The van der Waals surface area contributed by atoms with Crippen molar-refractivity contribution >= 4 is 10.1 Å². The van der Waals surface area contributed by atoms with E-state index in [0.717, 1.165) is 12.8 Å². The minimum absolute atomic E-state index is 0.0292. The molecule has 0 bridgehead atoms. The molecule has 0 amide bonds. The molecule has 4 nitrogen and oxygen atoms in total. The molecule has 188 valence electrons. The quantitative estimate of drug-likeness (QED) is 0.189. The van der Waals surface area contributed by atoms with Crippen molar-refractivity contribution in [3.05, 3.63) is 29.3 Å². The van der Waals surface area contributed by atoms with E-state index in [1.54, 1.807) is 25.1 Å². The Labute approximate surface area is 200 Å². The molecule has 5 heteroatoms. The Balaban J connectivity index is 0.000000604. The second-order valence-corrected chi connectivity index (χ2v) is 10.6. The van der Waals surface area contributed by atoms with E-state index in [1.807, 2.05) is 6.92 Å². The van der Waals surface area contributed by atoms with Crippen molar-refractivity contribution in [3.63, 3.8) is 0 Å². The average Bonchev–Trinajstić information content (AvgIpc) is 2.76. The van der Waals surface area contributed by atoms with E-state index in [4.69, 9.17) is 0 Å². The van der Waals surface area contributed by atoms with Crippen LogP contribution in [-0.2, 0) is 16.5 Å². The maximum atomic E-state index is 11.1. The smallest absolute Gasteiger partial charge is 0.124 e. The lowest BCUT2D eigenvalue weighted by atomic mass is 10.1. The third kappa shape index (κ3) is 12.4. The monoisotopic (exact) mass is 469 g/mol. The molecular formula is C27H51NO3S. The number of aryl methyl sites for hydroxylation is 2. The highest BCUT2D eigenvalue weighted by Crippen LogP contribution is 2.21. The Bertz CT molecular complexity index is 663. The summed E-state index contributed by atoms with van der Waals surface area (Å²) in [5, 5.41) is 0. The van der Waals surface area contributed by atoms with Gasteiger partial charge in [0.05, 0.1) is 31.1 Å². The van der Waals surface area contributed by atoms with Gasteiger partial charge in [-0.05, 0) is 56.6 Å². The third-order valence-corrected chi connectivity index (χ3v) is 7.37. The zero-order valence-electron chi connectivity index (χ0n) is 21.9. The average molecular weight is 470 g/mol. The van der Waals surface area contributed by atoms with Crippen LogP contribution in [0.4, 0.5) is 0 Å². The van der Waals surface area contributed by atoms with Gasteiger partial charge in [-0.2, -0.15) is 0 Å². The van der Waals surface area contributed by atoms with Gasteiger partial charge in [0.2, 0.25) is 0 Å². The van der Waals surface area contributed by atoms with Gasteiger partial charge in [-0.1, -0.05) is 84.9 Å². The molecule has 0 aliphatic carbocycles. The van der Waals surface area contributed by atoms with Crippen LogP contribution in [0.3, 0.4) is 0 Å². The van der Waals surface area contributed by atoms with Gasteiger partial charge >= 0.3 is 0 Å². The Morgan fingerprint density at radius 3 is 1.47 bits per heavy atom. The van der Waals surface area contributed by atoms with Crippen LogP contribution in [0.2, 0.25) is 0 Å². The van der Waals surface area contributed by atoms with Crippen molar-refractivity contribution in [1.82, 2.24) is 0 Å². The van der Waals surface area contributed by atoms with Gasteiger partial charge in [0.25, 0.3) is 0 Å². The Hall–Kier alpha value is -0.910. The molecule has 1 aromatic rings. The fourth-order valence-corrected chi connectivity index (χ4v) is 5.23. The largest absolute Gasteiger partial charge is 0.744 e. The van der Waals surface area contributed by atoms with Gasteiger partial charge in [-0.3, -0.25) is 0 Å². The van der Waals surface area contributed by atoms with Crippen LogP contribution in [0.1, 0.15) is 110 Å². The SMILES string of the molecule is CCCC[N+](CCCC)(CCCC)CCCC.CCCCc1cccc(C)c1S(=O)(=O)[O-]. The Morgan fingerprint density at radius 1 is 0.719 bits per heavy atom. The van der Waals surface area contributed by atoms with E-state index in [0.29, 0.717) is 17.5 Å². The van der Waals surface area contributed by atoms with Crippen LogP contribution in [0.5, 0.6) is 0 Å². The first kappa shape index (κ1) is 31.1. The van der Waals surface area contributed by atoms with E-state index >= 15 is 0 Å². The van der Waals surface area contributed by atoms with E-state index in [9.17, 15) is 13.0 Å². The van der Waals surface area contributed by atoms with Gasteiger partial charge in [0.1, 0.15) is 10.1 Å². The summed E-state index contributed by atoms with van der Waals surface area (Å²) in [4.78, 5) is -0.0292. The molecule has 0 aliphatic rings. The molecule has 0 unspecified atom stereocenters. The molecule has 32 heavy (non-hydrogen) atoms. The van der Waals surface area contributed by atoms with Crippen molar-refractivity contribution in [3.8, 4) is 0 Å². The summed E-state index contributed by atoms with van der Waals surface area (Å²) in [5.41, 5.74) is 1.19. The lowest BCUT2D eigenvalue weighted by molar-refractivity contribution is -0.929. The first-order chi connectivity index (χ1) is 15.2. The minimum atomic E-state index is -4.34. The standard InChI is InChI=1S/C16H36N.C11H16O3S/c1-5-9-13-17(14-10-6-2,15-11-7-3)16-12-8-4;1-3-4-7-10-8-5-6-9(2)11(10)15(12,13)14/h5-16H2,1-4H3;5-6,8H,3-4,7H2,1-2H3,(H,12,13,14)/q+1;/p-1. The number of nitrogens with zero attached hydrogens (tertiary/aromatic N) is 1. The van der Waals surface area contributed by atoms with Gasteiger partial charge < -0.3 is 9.04 Å². The molecule has 0 spiro atoms. The van der Waals surface area contributed by atoms with Crippen molar-refractivity contribution in [2.75, 3.05) is 26.2 Å². The molecule has 0 aromatic heterocycles. The van der Waals surface area contributed by atoms with Crippen LogP contribution in [0.25, 0.3) is 0 Å². The molecular weight excluding hydrogens is 418 g/mol. The minimum Gasteiger partial charge on any atom is -0.744 e. The molecule has 0 radical (unpaired) electrons. The predicted octanol–water partition coefficient (Wildman–Crippen LogP) is 7.25. The van der Waals surface area contributed by atoms with Gasteiger partial charge in [0.15, 0.2) is 0 Å². The fraction of sp³-hybridized carbons (Fsp3) is 0.778. The highest BCUT2D eigenvalue weighted by molar-refractivity contribution is 7.85. The van der Waals surface area contributed by atoms with Crippen molar-refractivity contribution < 1.29 is 17.5 Å².